The predicted octanol–water partition coefficient (Wildman–Crippen LogP) is 0.715. The molecule has 1 aliphatic heterocycles. The van der Waals surface area contributed by atoms with Crippen molar-refractivity contribution >= 4 is 15.9 Å². The number of benzene rings is 1. The summed E-state index contributed by atoms with van der Waals surface area (Å²) in [6.07, 6.45) is 0.384. The predicted molar refractivity (Wildman–Crippen MR) is 71.5 cm³/mol. The largest absolute Gasteiger partial charge is 0.380 e. The molecule has 1 fully saturated rings. The Hall–Kier alpha value is -1.91. The average Bonchev–Trinajstić information content (AvgIpc) is 2.92. The number of hydrogen-bond donors (Lipinski definition) is 1. The number of carbonyl (C=O) groups is 1. The molecule has 106 valence electrons. The molecule has 1 aromatic rings. The maximum Gasteiger partial charge on any atom is 0.265 e. The van der Waals surface area contributed by atoms with Gasteiger partial charge in [-0.2, -0.15) is 5.26 Å². The van der Waals surface area contributed by atoms with Crippen molar-refractivity contribution in [3.8, 4) is 6.07 Å². The third-order valence-electron chi connectivity index (χ3n) is 3.16. The van der Waals surface area contributed by atoms with Gasteiger partial charge in [0.25, 0.3) is 5.91 Å². The molecule has 0 aromatic heterocycles. The molecule has 0 aliphatic carbocycles. The van der Waals surface area contributed by atoms with Crippen LogP contribution >= 0.6 is 0 Å². The zero-order valence-electron chi connectivity index (χ0n) is 10.9. The topological polar surface area (TPSA) is 96.3 Å². The number of ether oxygens (including phenoxy) is 1. The molecule has 1 heterocycles. The zero-order valence-corrected chi connectivity index (χ0v) is 11.7. The molecule has 0 radical (unpaired) electrons. The first-order valence-electron chi connectivity index (χ1n) is 6.08. The Labute approximate surface area is 117 Å². The molecule has 1 aromatic carbocycles. The minimum atomic E-state index is -3.73. The lowest BCUT2D eigenvalue weighted by molar-refractivity contribution is 0.0980. The Balaban J connectivity index is 2.18. The number of amides is 1. The number of aryl methyl sites for hydroxylation is 1. The van der Waals surface area contributed by atoms with Crippen molar-refractivity contribution in [1.29, 1.82) is 5.26 Å². The molecule has 20 heavy (non-hydrogen) atoms. The van der Waals surface area contributed by atoms with Crippen LogP contribution in [0.4, 0.5) is 0 Å². The van der Waals surface area contributed by atoms with E-state index < -0.39 is 21.2 Å². The van der Waals surface area contributed by atoms with Gasteiger partial charge in [0.05, 0.1) is 18.2 Å². The maximum absolute atomic E-state index is 12.0. The Morgan fingerprint density at radius 3 is 2.80 bits per heavy atom. The Kier molecular flexibility index (Phi) is 4.06. The van der Waals surface area contributed by atoms with Gasteiger partial charge in [0.1, 0.15) is 5.25 Å². The van der Waals surface area contributed by atoms with Crippen molar-refractivity contribution in [3.05, 3.63) is 34.9 Å². The van der Waals surface area contributed by atoms with Crippen LogP contribution in [-0.2, 0) is 14.8 Å². The molecule has 1 aliphatic rings. The summed E-state index contributed by atoms with van der Waals surface area (Å²) in [5, 5.41) is 8.07. The fourth-order valence-electron chi connectivity index (χ4n) is 2.01. The van der Waals surface area contributed by atoms with Gasteiger partial charge in [0.15, 0.2) is 0 Å². The van der Waals surface area contributed by atoms with E-state index in [1.807, 2.05) is 6.07 Å². The van der Waals surface area contributed by atoms with Crippen molar-refractivity contribution in [2.45, 2.75) is 18.6 Å². The molecule has 1 atom stereocenters. The molecular formula is C13H14N2O4S. The van der Waals surface area contributed by atoms with Crippen LogP contribution in [0, 0.1) is 18.3 Å². The highest BCUT2D eigenvalue weighted by Crippen LogP contribution is 2.15. The highest BCUT2D eigenvalue weighted by molar-refractivity contribution is 7.90. The summed E-state index contributed by atoms with van der Waals surface area (Å²) < 4.78 is 31.1. The van der Waals surface area contributed by atoms with Crippen molar-refractivity contribution in [1.82, 2.24) is 4.72 Å². The van der Waals surface area contributed by atoms with Gasteiger partial charge < -0.3 is 4.74 Å². The molecule has 0 bridgehead atoms. The second-order valence-corrected chi connectivity index (χ2v) is 6.56. The summed E-state index contributed by atoms with van der Waals surface area (Å²) in [5.74, 6) is -0.682. The van der Waals surface area contributed by atoms with Crippen molar-refractivity contribution in [2.75, 3.05) is 13.2 Å². The molecule has 1 unspecified atom stereocenters. The molecule has 2 rings (SSSR count). The number of nitrogens with one attached hydrogen (secondary N) is 1. The minimum Gasteiger partial charge on any atom is -0.380 e. The Bertz CT molecular complexity index is 670. The Morgan fingerprint density at radius 2 is 2.25 bits per heavy atom. The second kappa shape index (κ2) is 5.61. The molecule has 7 heteroatoms. The van der Waals surface area contributed by atoms with Gasteiger partial charge in [-0.3, -0.25) is 4.79 Å². The van der Waals surface area contributed by atoms with Crippen LogP contribution < -0.4 is 4.72 Å². The summed E-state index contributed by atoms with van der Waals surface area (Å²) in [7, 11) is -3.73. The van der Waals surface area contributed by atoms with Crippen LogP contribution in [-0.4, -0.2) is 32.8 Å². The van der Waals surface area contributed by atoms with E-state index in [0.29, 0.717) is 24.2 Å². The van der Waals surface area contributed by atoms with Crippen LogP contribution in [0.1, 0.15) is 27.9 Å². The van der Waals surface area contributed by atoms with Gasteiger partial charge in [-0.05, 0) is 37.1 Å². The highest BCUT2D eigenvalue weighted by Gasteiger charge is 2.31. The fraction of sp³-hybridized carbons (Fsp3) is 0.385. The first-order chi connectivity index (χ1) is 9.44. The van der Waals surface area contributed by atoms with Crippen LogP contribution in [0.5, 0.6) is 0 Å². The summed E-state index contributed by atoms with van der Waals surface area (Å²) >= 11 is 0. The van der Waals surface area contributed by atoms with E-state index in [2.05, 4.69) is 4.72 Å². The molecule has 6 nitrogen and oxygen atoms in total. The van der Waals surface area contributed by atoms with Crippen molar-refractivity contribution in [2.24, 2.45) is 0 Å². The van der Waals surface area contributed by atoms with E-state index in [9.17, 15) is 13.2 Å². The maximum atomic E-state index is 12.0. The standard InChI is InChI=1S/C13H14N2O4S/c1-9-6-10(7-14)2-3-12(9)13(16)15-20(17,18)11-4-5-19-8-11/h2-3,6,11H,4-5,8H2,1H3,(H,15,16). The third kappa shape index (κ3) is 2.98. The quantitative estimate of drug-likeness (QED) is 0.886. The zero-order chi connectivity index (χ0) is 14.8. The van der Waals surface area contributed by atoms with Gasteiger partial charge in [0.2, 0.25) is 10.0 Å². The minimum absolute atomic E-state index is 0.106. The number of nitrogens with zero attached hydrogens (tertiary/aromatic N) is 1. The molecule has 1 N–H and O–H groups in total. The summed E-state index contributed by atoms with van der Waals surface area (Å²) in [4.78, 5) is 12.0. The van der Waals surface area contributed by atoms with E-state index >= 15 is 0 Å². The van der Waals surface area contributed by atoms with Crippen LogP contribution in [0.2, 0.25) is 0 Å². The van der Waals surface area contributed by atoms with Crippen molar-refractivity contribution in [3.63, 3.8) is 0 Å². The van der Waals surface area contributed by atoms with Crippen molar-refractivity contribution < 1.29 is 17.9 Å². The van der Waals surface area contributed by atoms with Gasteiger partial charge in [0, 0.05) is 12.2 Å². The summed E-state index contributed by atoms with van der Waals surface area (Å²) in [6.45, 7) is 2.14. The van der Waals surface area contributed by atoms with Crippen LogP contribution in [0.25, 0.3) is 0 Å². The molecule has 0 saturated carbocycles. The lowest BCUT2D eigenvalue weighted by Crippen LogP contribution is -2.38. The molecule has 1 amide bonds. The average molecular weight is 294 g/mol. The van der Waals surface area contributed by atoms with Crippen LogP contribution in [0.15, 0.2) is 18.2 Å². The number of rotatable bonds is 3. The van der Waals surface area contributed by atoms with Gasteiger partial charge in [-0.15, -0.1) is 0 Å². The van der Waals surface area contributed by atoms with E-state index in [1.54, 1.807) is 13.0 Å². The second-order valence-electron chi connectivity index (χ2n) is 4.60. The normalized spacial score (nSPS) is 18.5. The van der Waals surface area contributed by atoms with Crippen LogP contribution in [0.3, 0.4) is 0 Å². The third-order valence-corrected chi connectivity index (χ3v) is 4.88. The monoisotopic (exact) mass is 294 g/mol. The Morgan fingerprint density at radius 1 is 1.50 bits per heavy atom. The number of sulfonamides is 1. The molecule has 1 saturated heterocycles. The lowest BCUT2D eigenvalue weighted by Gasteiger charge is -2.12. The SMILES string of the molecule is Cc1cc(C#N)ccc1C(=O)NS(=O)(=O)C1CCOC1. The van der Waals surface area contributed by atoms with Gasteiger partial charge in [-0.1, -0.05) is 0 Å². The van der Waals surface area contributed by atoms with Gasteiger partial charge in [-0.25, -0.2) is 13.1 Å². The number of nitriles is 1. The summed E-state index contributed by atoms with van der Waals surface area (Å²) in [5.41, 5.74) is 1.22. The van der Waals surface area contributed by atoms with Gasteiger partial charge >= 0.3 is 0 Å². The smallest absolute Gasteiger partial charge is 0.265 e. The lowest BCUT2D eigenvalue weighted by atomic mass is 10.1. The van der Waals surface area contributed by atoms with E-state index in [-0.39, 0.29) is 12.2 Å². The van der Waals surface area contributed by atoms with E-state index in [1.165, 1.54) is 12.1 Å². The first-order valence-corrected chi connectivity index (χ1v) is 7.63. The number of carbonyl (C=O) groups excluding carboxylic acids is 1. The highest BCUT2D eigenvalue weighted by atomic mass is 32.2. The molecule has 0 spiro atoms. The fourth-order valence-corrected chi connectivity index (χ4v) is 3.23. The number of hydrogen-bond acceptors (Lipinski definition) is 5. The summed E-state index contributed by atoms with van der Waals surface area (Å²) in [6, 6.07) is 6.43. The van der Waals surface area contributed by atoms with E-state index in [4.69, 9.17) is 10.00 Å². The molecular weight excluding hydrogens is 280 g/mol. The van der Waals surface area contributed by atoms with E-state index in [0.717, 1.165) is 0 Å². The first kappa shape index (κ1) is 14.5.